The van der Waals surface area contributed by atoms with Gasteiger partial charge in [-0.1, -0.05) is 6.92 Å². The van der Waals surface area contributed by atoms with E-state index < -0.39 is 0 Å². The summed E-state index contributed by atoms with van der Waals surface area (Å²) < 4.78 is 0. The largest absolute Gasteiger partial charge is 0.355 e. The SMILES string of the molecule is CCc1ccc(CNC(=NC)NCC2CCCN2C)s1.I. The van der Waals surface area contributed by atoms with Gasteiger partial charge < -0.3 is 15.5 Å². The summed E-state index contributed by atoms with van der Waals surface area (Å²) in [7, 11) is 4.03. The minimum Gasteiger partial charge on any atom is -0.355 e. The molecular weight excluding hydrogens is 395 g/mol. The van der Waals surface area contributed by atoms with Gasteiger partial charge in [0.05, 0.1) is 6.54 Å². The Hall–Kier alpha value is -0.340. The van der Waals surface area contributed by atoms with Gasteiger partial charge in [-0.3, -0.25) is 4.99 Å². The Balaban J connectivity index is 0.00000220. The molecular formula is C15H27IN4S. The number of hydrogen-bond acceptors (Lipinski definition) is 3. The lowest BCUT2D eigenvalue weighted by Gasteiger charge is -2.21. The first-order valence-corrected chi connectivity index (χ1v) is 8.27. The fourth-order valence-electron chi connectivity index (χ4n) is 2.55. The number of guanidine groups is 1. The Kier molecular flexibility index (Phi) is 8.58. The third-order valence-corrected chi connectivity index (χ3v) is 5.13. The Morgan fingerprint density at radius 2 is 2.14 bits per heavy atom. The molecule has 0 saturated carbocycles. The highest BCUT2D eigenvalue weighted by atomic mass is 127. The van der Waals surface area contributed by atoms with Crippen molar-refractivity contribution < 1.29 is 0 Å². The average Bonchev–Trinajstić information content (AvgIpc) is 3.08. The van der Waals surface area contributed by atoms with Crippen molar-refractivity contribution in [1.29, 1.82) is 0 Å². The smallest absolute Gasteiger partial charge is 0.191 e. The molecule has 2 N–H and O–H groups in total. The lowest BCUT2D eigenvalue weighted by molar-refractivity contribution is 0.309. The third kappa shape index (κ3) is 5.75. The predicted octanol–water partition coefficient (Wildman–Crippen LogP) is 2.69. The maximum absolute atomic E-state index is 4.30. The molecule has 120 valence electrons. The van der Waals surface area contributed by atoms with Gasteiger partial charge in [0.25, 0.3) is 0 Å². The molecule has 0 amide bonds. The molecule has 2 rings (SSSR count). The van der Waals surface area contributed by atoms with Crippen LogP contribution in [0.4, 0.5) is 0 Å². The highest BCUT2D eigenvalue weighted by Gasteiger charge is 2.20. The number of hydrogen-bond donors (Lipinski definition) is 2. The van der Waals surface area contributed by atoms with Gasteiger partial charge >= 0.3 is 0 Å². The normalized spacial score (nSPS) is 19.4. The van der Waals surface area contributed by atoms with Crippen LogP contribution < -0.4 is 10.6 Å². The molecule has 2 heterocycles. The highest BCUT2D eigenvalue weighted by molar-refractivity contribution is 14.0. The van der Waals surface area contributed by atoms with Crippen molar-refractivity contribution in [2.24, 2.45) is 4.99 Å². The van der Waals surface area contributed by atoms with Gasteiger partial charge in [0.2, 0.25) is 0 Å². The topological polar surface area (TPSA) is 39.7 Å². The Morgan fingerprint density at radius 3 is 2.71 bits per heavy atom. The van der Waals surface area contributed by atoms with Gasteiger partial charge in [0, 0.05) is 29.4 Å². The van der Waals surface area contributed by atoms with Crippen LogP contribution in [0.2, 0.25) is 0 Å². The molecule has 0 aromatic carbocycles. The molecule has 1 saturated heterocycles. The molecule has 0 radical (unpaired) electrons. The summed E-state index contributed by atoms with van der Waals surface area (Å²) in [6, 6.07) is 5.06. The average molecular weight is 422 g/mol. The van der Waals surface area contributed by atoms with Gasteiger partial charge in [-0.15, -0.1) is 35.3 Å². The summed E-state index contributed by atoms with van der Waals surface area (Å²) >= 11 is 1.88. The van der Waals surface area contributed by atoms with Crippen molar-refractivity contribution in [2.75, 3.05) is 27.2 Å². The van der Waals surface area contributed by atoms with E-state index in [0.29, 0.717) is 6.04 Å². The van der Waals surface area contributed by atoms with Crippen LogP contribution in [0.3, 0.4) is 0 Å². The number of likely N-dealkylation sites (N-methyl/N-ethyl adjacent to an activating group) is 1. The van der Waals surface area contributed by atoms with Crippen molar-refractivity contribution in [3.63, 3.8) is 0 Å². The summed E-state index contributed by atoms with van der Waals surface area (Å²) in [4.78, 5) is 9.53. The van der Waals surface area contributed by atoms with E-state index in [9.17, 15) is 0 Å². The second-order valence-corrected chi connectivity index (χ2v) is 6.56. The van der Waals surface area contributed by atoms with Crippen LogP contribution in [0, 0.1) is 0 Å². The molecule has 6 heteroatoms. The Morgan fingerprint density at radius 1 is 1.38 bits per heavy atom. The minimum atomic E-state index is 0. The minimum absolute atomic E-state index is 0. The molecule has 1 atom stereocenters. The van der Waals surface area contributed by atoms with E-state index in [0.717, 1.165) is 25.5 Å². The number of rotatable bonds is 5. The summed E-state index contributed by atoms with van der Waals surface area (Å²) in [5.74, 6) is 0.900. The molecule has 1 aromatic rings. The van der Waals surface area contributed by atoms with E-state index >= 15 is 0 Å². The summed E-state index contributed by atoms with van der Waals surface area (Å²) in [5, 5.41) is 6.83. The zero-order valence-electron chi connectivity index (χ0n) is 13.2. The molecule has 1 aliphatic rings. The lowest BCUT2D eigenvalue weighted by Crippen LogP contribution is -2.43. The summed E-state index contributed by atoms with van der Waals surface area (Å²) in [6.07, 6.45) is 3.71. The van der Waals surface area contributed by atoms with Crippen LogP contribution in [0.1, 0.15) is 29.5 Å². The van der Waals surface area contributed by atoms with Crippen LogP contribution in [0.25, 0.3) is 0 Å². The first-order chi connectivity index (χ1) is 9.72. The zero-order valence-corrected chi connectivity index (χ0v) is 16.3. The number of nitrogens with one attached hydrogen (secondary N) is 2. The van der Waals surface area contributed by atoms with Gasteiger partial charge in [0.1, 0.15) is 0 Å². The third-order valence-electron chi connectivity index (χ3n) is 3.90. The number of nitrogens with zero attached hydrogens (tertiary/aromatic N) is 2. The monoisotopic (exact) mass is 422 g/mol. The van der Waals surface area contributed by atoms with E-state index in [1.807, 2.05) is 18.4 Å². The molecule has 1 unspecified atom stereocenters. The second kappa shape index (κ2) is 9.63. The quantitative estimate of drug-likeness (QED) is 0.436. The Bertz CT molecular complexity index is 447. The van der Waals surface area contributed by atoms with Crippen LogP contribution in [0.15, 0.2) is 17.1 Å². The van der Waals surface area contributed by atoms with E-state index in [4.69, 9.17) is 0 Å². The van der Waals surface area contributed by atoms with Crippen LogP contribution in [0.5, 0.6) is 0 Å². The first kappa shape index (κ1) is 18.7. The van der Waals surface area contributed by atoms with Crippen molar-refractivity contribution in [3.05, 3.63) is 21.9 Å². The molecule has 0 bridgehead atoms. The number of aliphatic imine (C=N–C) groups is 1. The molecule has 21 heavy (non-hydrogen) atoms. The lowest BCUT2D eigenvalue weighted by atomic mass is 10.2. The van der Waals surface area contributed by atoms with Gasteiger partial charge in [0.15, 0.2) is 5.96 Å². The van der Waals surface area contributed by atoms with E-state index in [1.54, 1.807) is 0 Å². The predicted molar refractivity (Wildman–Crippen MR) is 103 cm³/mol. The number of likely N-dealkylation sites (tertiary alicyclic amines) is 1. The maximum atomic E-state index is 4.30. The van der Waals surface area contributed by atoms with Crippen molar-refractivity contribution in [1.82, 2.24) is 15.5 Å². The molecule has 0 spiro atoms. The number of halogens is 1. The summed E-state index contributed by atoms with van der Waals surface area (Å²) in [5.41, 5.74) is 0. The van der Waals surface area contributed by atoms with Crippen LogP contribution in [-0.2, 0) is 13.0 Å². The fourth-order valence-corrected chi connectivity index (χ4v) is 3.45. The van der Waals surface area contributed by atoms with Crippen LogP contribution in [-0.4, -0.2) is 44.1 Å². The first-order valence-electron chi connectivity index (χ1n) is 7.45. The van der Waals surface area contributed by atoms with Gasteiger partial charge in [-0.05, 0) is 45.0 Å². The number of thiophene rings is 1. The van der Waals surface area contributed by atoms with Crippen LogP contribution >= 0.6 is 35.3 Å². The van der Waals surface area contributed by atoms with E-state index in [1.165, 1.54) is 29.1 Å². The standard InChI is InChI=1S/C15H26N4S.HI/c1-4-13-7-8-14(20-13)11-18-15(16-2)17-10-12-6-5-9-19(12)3;/h7-8,12H,4-6,9-11H2,1-3H3,(H2,16,17,18);1H. The van der Waals surface area contributed by atoms with E-state index in [2.05, 4.69) is 46.6 Å². The molecule has 0 aliphatic carbocycles. The van der Waals surface area contributed by atoms with Crippen molar-refractivity contribution in [2.45, 2.75) is 38.8 Å². The Labute approximate surface area is 149 Å². The molecule has 4 nitrogen and oxygen atoms in total. The summed E-state index contributed by atoms with van der Waals surface area (Å²) in [6.45, 7) is 5.24. The van der Waals surface area contributed by atoms with E-state index in [-0.39, 0.29) is 24.0 Å². The zero-order chi connectivity index (χ0) is 14.4. The number of aryl methyl sites for hydroxylation is 1. The molecule has 1 aromatic heterocycles. The van der Waals surface area contributed by atoms with Gasteiger partial charge in [-0.25, -0.2) is 0 Å². The maximum Gasteiger partial charge on any atom is 0.191 e. The highest BCUT2D eigenvalue weighted by Crippen LogP contribution is 2.16. The molecule has 1 aliphatic heterocycles. The van der Waals surface area contributed by atoms with Gasteiger partial charge in [-0.2, -0.15) is 0 Å². The second-order valence-electron chi connectivity index (χ2n) is 5.30. The fraction of sp³-hybridized carbons (Fsp3) is 0.667. The van der Waals surface area contributed by atoms with Crippen molar-refractivity contribution >= 4 is 41.3 Å². The van der Waals surface area contributed by atoms with Crippen molar-refractivity contribution in [3.8, 4) is 0 Å². The molecule has 1 fully saturated rings.